The molecule has 0 bridgehead atoms. The Kier molecular flexibility index (Phi) is 6.48. The van der Waals surface area contributed by atoms with Gasteiger partial charge in [0.05, 0.1) is 12.6 Å². The van der Waals surface area contributed by atoms with Crippen molar-refractivity contribution in [2.24, 2.45) is 0 Å². The quantitative estimate of drug-likeness (QED) is 0.738. The first-order chi connectivity index (χ1) is 13.6. The molecule has 1 aliphatic heterocycles. The second-order valence-corrected chi connectivity index (χ2v) is 6.81. The van der Waals surface area contributed by atoms with E-state index in [2.05, 4.69) is 5.32 Å². The normalized spacial score (nSPS) is 15.1. The number of hydrogen-bond donors (Lipinski definition) is 1. The van der Waals surface area contributed by atoms with E-state index in [0.717, 1.165) is 35.5 Å². The maximum atomic E-state index is 12.2. The predicted octanol–water partition coefficient (Wildman–Crippen LogP) is 4.10. The molecular weight excluding hydrogens is 352 g/mol. The highest BCUT2D eigenvalue weighted by Gasteiger charge is 2.21. The molecule has 146 valence electrons. The van der Waals surface area contributed by atoms with Gasteiger partial charge in [-0.1, -0.05) is 24.3 Å². The second-order valence-electron chi connectivity index (χ2n) is 6.81. The number of ether oxygens (including phenoxy) is 1. The van der Waals surface area contributed by atoms with E-state index in [-0.39, 0.29) is 17.9 Å². The van der Waals surface area contributed by atoms with Crippen LogP contribution >= 0.6 is 0 Å². The zero-order chi connectivity index (χ0) is 19.9. The maximum absolute atomic E-state index is 12.2. The van der Waals surface area contributed by atoms with Gasteiger partial charge in [0, 0.05) is 24.7 Å². The summed E-state index contributed by atoms with van der Waals surface area (Å²) in [5, 5.41) is 2.96. The molecule has 1 unspecified atom stereocenters. The first-order valence-corrected chi connectivity index (χ1v) is 9.68. The summed E-state index contributed by atoms with van der Waals surface area (Å²) in [4.78, 5) is 25.8. The molecule has 5 heteroatoms. The molecule has 1 saturated heterocycles. The molecule has 2 amide bonds. The van der Waals surface area contributed by atoms with Crippen molar-refractivity contribution < 1.29 is 14.3 Å². The van der Waals surface area contributed by atoms with Gasteiger partial charge in [-0.2, -0.15) is 0 Å². The number of nitrogens with one attached hydrogen (secondary N) is 1. The van der Waals surface area contributed by atoms with Crippen LogP contribution in [0.1, 0.15) is 43.9 Å². The molecule has 0 saturated carbocycles. The number of anilines is 1. The van der Waals surface area contributed by atoms with Crippen LogP contribution in [0.4, 0.5) is 5.69 Å². The molecule has 1 heterocycles. The molecule has 1 aliphatic rings. The van der Waals surface area contributed by atoms with Gasteiger partial charge in [0.25, 0.3) is 0 Å². The zero-order valence-corrected chi connectivity index (χ0v) is 16.4. The summed E-state index contributed by atoms with van der Waals surface area (Å²) >= 11 is 0. The van der Waals surface area contributed by atoms with E-state index >= 15 is 0 Å². The topological polar surface area (TPSA) is 58.6 Å². The van der Waals surface area contributed by atoms with E-state index in [4.69, 9.17) is 4.74 Å². The zero-order valence-electron chi connectivity index (χ0n) is 16.4. The molecule has 1 fully saturated rings. The van der Waals surface area contributed by atoms with Gasteiger partial charge in [-0.3, -0.25) is 9.59 Å². The Bertz CT molecular complexity index is 841. The van der Waals surface area contributed by atoms with E-state index in [0.29, 0.717) is 13.0 Å². The lowest BCUT2D eigenvalue weighted by Crippen LogP contribution is -2.24. The van der Waals surface area contributed by atoms with Crippen molar-refractivity contribution in [3.63, 3.8) is 0 Å². The Morgan fingerprint density at radius 2 is 1.89 bits per heavy atom. The van der Waals surface area contributed by atoms with Crippen molar-refractivity contribution in [1.29, 1.82) is 0 Å². The van der Waals surface area contributed by atoms with Crippen LogP contribution in [0.3, 0.4) is 0 Å². The molecule has 0 spiro atoms. The van der Waals surface area contributed by atoms with Crippen LogP contribution in [-0.2, 0) is 9.59 Å². The van der Waals surface area contributed by atoms with Gasteiger partial charge in [-0.05, 0) is 61.7 Å². The fourth-order valence-electron chi connectivity index (χ4n) is 3.22. The Hall–Kier alpha value is -3.08. The third-order valence-electron chi connectivity index (χ3n) is 4.76. The van der Waals surface area contributed by atoms with E-state index in [9.17, 15) is 9.59 Å². The highest BCUT2D eigenvalue weighted by atomic mass is 16.5. The van der Waals surface area contributed by atoms with Crippen molar-refractivity contribution in [1.82, 2.24) is 5.32 Å². The third kappa shape index (κ3) is 5.00. The van der Waals surface area contributed by atoms with Crippen molar-refractivity contribution in [3.8, 4) is 5.75 Å². The fourth-order valence-corrected chi connectivity index (χ4v) is 3.22. The molecule has 5 nitrogen and oxygen atoms in total. The first-order valence-electron chi connectivity index (χ1n) is 9.68. The van der Waals surface area contributed by atoms with Crippen LogP contribution in [0, 0.1) is 0 Å². The Morgan fingerprint density at radius 1 is 1.18 bits per heavy atom. The molecule has 0 radical (unpaired) electrons. The number of rotatable bonds is 7. The lowest BCUT2D eigenvalue weighted by molar-refractivity contribution is -0.117. The summed E-state index contributed by atoms with van der Waals surface area (Å²) in [5.74, 6) is 0.842. The van der Waals surface area contributed by atoms with Gasteiger partial charge in [-0.15, -0.1) is 0 Å². The SMILES string of the molecule is CCOc1ccc(C(C)NC(=O)/C=C/c2ccc(N3CCCC3=O)cc2)cc1. The van der Waals surface area contributed by atoms with Crippen LogP contribution in [0.2, 0.25) is 0 Å². The van der Waals surface area contributed by atoms with Crippen molar-refractivity contribution >= 4 is 23.6 Å². The minimum atomic E-state index is -0.153. The average molecular weight is 378 g/mol. The summed E-state index contributed by atoms with van der Waals surface area (Å²) in [7, 11) is 0. The lowest BCUT2D eigenvalue weighted by Gasteiger charge is -2.15. The number of nitrogens with zero attached hydrogens (tertiary/aromatic N) is 1. The first kappa shape index (κ1) is 19.7. The van der Waals surface area contributed by atoms with E-state index in [1.54, 1.807) is 11.0 Å². The fraction of sp³-hybridized carbons (Fsp3) is 0.304. The van der Waals surface area contributed by atoms with Gasteiger partial charge in [0.1, 0.15) is 5.75 Å². The molecule has 0 aliphatic carbocycles. The molecule has 3 rings (SSSR count). The van der Waals surface area contributed by atoms with Gasteiger partial charge < -0.3 is 15.0 Å². The van der Waals surface area contributed by atoms with E-state index < -0.39 is 0 Å². The molecule has 28 heavy (non-hydrogen) atoms. The van der Waals surface area contributed by atoms with Crippen LogP contribution in [0.15, 0.2) is 54.6 Å². The Labute approximate surface area is 166 Å². The summed E-state index contributed by atoms with van der Waals surface area (Å²) < 4.78 is 5.44. The number of hydrogen-bond acceptors (Lipinski definition) is 3. The monoisotopic (exact) mass is 378 g/mol. The molecule has 2 aromatic rings. The summed E-state index contributed by atoms with van der Waals surface area (Å²) in [6, 6.07) is 15.3. The number of amides is 2. The van der Waals surface area contributed by atoms with E-state index in [1.807, 2.05) is 62.4 Å². The van der Waals surface area contributed by atoms with Crippen LogP contribution in [0.5, 0.6) is 5.75 Å². The molecule has 2 aromatic carbocycles. The maximum Gasteiger partial charge on any atom is 0.244 e. The molecule has 1 N–H and O–H groups in total. The van der Waals surface area contributed by atoms with Crippen LogP contribution in [-0.4, -0.2) is 25.0 Å². The minimum absolute atomic E-state index is 0.101. The van der Waals surface area contributed by atoms with Gasteiger partial charge in [0.2, 0.25) is 11.8 Å². The smallest absolute Gasteiger partial charge is 0.244 e. The highest BCUT2D eigenvalue weighted by molar-refractivity contribution is 5.95. The number of carbonyl (C=O) groups is 2. The second kappa shape index (κ2) is 9.22. The van der Waals surface area contributed by atoms with Gasteiger partial charge in [0.15, 0.2) is 0 Å². The van der Waals surface area contributed by atoms with Crippen molar-refractivity contribution in [2.75, 3.05) is 18.1 Å². The van der Waals surface area contributed by atoms with Gasteiger partial charge >= 0.3 is 0 Å². The Balaban J connectivity index is 1.55. The number of carbonyl (C=O) groups excluding carboxylic acids is 2. The molecular formula is C23H26N2O3. The summed E-state index contributed by atoms with van der Waals surface area (Å²) in [6.45, 7) is 5.30. The van der Waals surface area contributed by atoms with Crippen LogP contribution in [0.25, 0.3) is 6.08 Å². The largest absolute Gasteiger partial charge is 0.494 e. The molecule has 1 atom stereocenters. The summed E-state index contributed by atoms with van der Waals surface area (Å²) in [5.41, 5.74) is 2.84. The average Bonchev–Trinajstić information content (AvgIpc) is 3.13. The lowest BCUT2D eigenvalue weighted by atomic mass is 10.1. The molecule has 0 aromatic heterocycles. The predicted molar refractivity (Wildman–Crippen MR) is 111 cm³/mol. The summed E-state index contributed by atoms with van der Waals surface area (Å²) in [6.07, 6.45) is 4.83. The van der Waals surface area contributed by atoms with Crippen molar-refractivity contribution in [2.45, 2.75) is 32.7 Å². The van der Waals surface area contributed by atoms with E-state index in [1.165, 1.54) is 6.08 Å². The minimum Gasteiger partial charge on any atom is -0.494 e. The number of benzene rings is 2. The van der Waals surface area contributed by atoms with Crippen molar-refractivity contribution in [3.05, 3.63) is 65.7 Å². The Morgan fingerprint density at radius 3 is 2.50 bits per heavy atom. The van der Waals surface area contributed by atoms with Gasteiger partial charge in [-0.25, -0.2) is 0 Å². The highest BCUT2D eigenvalue weighted by Crippen LogP contribution is 2.22. The van der Waals surface area contributed by atoms with Crippen LogP contribution < -0.4 is 15.0 Å². The standard InChI is InChI=1S/C23H26N2O3/c1-3-28-21-13-9-19(10-14-21)17(2)24-22(26)15-8-18-6-11-20(12-7-18)25-16-4-5-23(25)27/h6-15,17H,3-5,16H2,1-2H3,(H,24,26)/b15-8+. The third-order valence-corrected chi connectivity index (χ3v) is 4.76.